The number of benzene rings is 2. The topological polar surface area (TPSA) is 40.6 Å². The molecule has 4 nitrogen and oxygen atoms in total. The zero-order valence-corrected chi connectivity index (χ0v) is 18.3. The van der Waals surface area contributed by atoms with E-state index in [1.165, 1.54) is 0 Å². The van der Waals surface area contributed by atoms with E-state index in [-0.39, 0.29) is 0 Å². The lowest BCUT2D eigenvalue weighted by molar-refractivity contribution is 0.384. The molecule has 1 fully saturated rings. The molecular weight excluding hydrogens is 403 g/mol. The molecule has 0 radical (unpaired) electrons. The second-order valence-corrected chi connectivity index (χ2v) is 9.77. The molecule has 7 heteroatoms. The van der Waals surface area contributed by atoms with Crippen molar-refractivity contribution in [3.63, 3.8) is 0 Å². The largest absolute Gasteiger partial charge is 0.369 e. The molecule has 0 spiro atoms. The molecule has 0 saturated carbocycles. The van der Waals surface area contributed by atoms with Gasteiger partial charge in [-0.15, -0.1) is 0 Å². The number of hydrogen-bond donors (Lipinski definition) is 0. The smallest absolute Gasteiger partial charge is 0.243 e. The van der Waals surface area contributed by atoms with E-state index in [1.807, 2.05) is 45.9 Å². The predicted molar refractivity (Wildman–Crippen MR) is 113 cm³/mol. The maximum absolute atomic E-state index is 13.3. The maximum atomic E-state index is 13.3. The molecule has 1 saturated heterocycles. The van der Waals surface area contributed by atoms with Crippen molar-refractivity contribution in [2.45, 2.75) is 32.6 Å². The van der Waals surface area contributed by atoms with Crippen LogP contribution in [-0.2, 0) is 10.0 Å². The van der Waals surface area contributed by atoms with Gasteiger partial charge in [0.25, 0.3) is 0 Å². The Kier molecular flexibility index (Phi) is 5.78. The zero-order valence-electron chi connectivity index (χ0n) is 16.0. The first kappa shape index (κ1) is 20.5. The predicted octanol–water partition coefficient (Wildman–Crippen LogP) is 4.74. The molecule has 0 amide bonds. The third-order valence-electron chi connectivity index (χ3n) is 5.40. The monoisotopic (exact) mass is 426 g/mol. The first-order valence-electron chi connectivity index (χ1n) is 8.90. The fraction of sp³-hybridized carbons (Fsp3) is 0.400. The highest BCUT2D eigenvalue weighted by molar-refractivity contribution is 7.89. The van der Waals surface area contributed by atoms with Gasteiger partial charge in [-0.05, 0) is 68.1 Å². The second kappa shape index (κ2) is 7.63. The lowest BCUT2D eigenvalue weighted by Gasteiger charge is -2.36. The van der Waals surface area contributed by atoms with E-state index in [9.17, 15) is 8.42 Å². The van der Waals surface area contributed by atoms with Gasteiger partial charge in [-0.3, -0.25) is 0 Å². The highest BCUT2D eigenvalue weighted by atomic mass is 35.5. The molecule has 2 aromatic rings. The summed E-state index contributed by atoms with van der Waals surface area (Å²) in [5, 5.41) is 1.02. The first-order valence-corrected chi connectivity index (χ1v) is 11.1. The summed E-state index contributed by atoms with van der Waals surface area (Å²) < 4.78 is 28.3. The Morgan fingerprint density at radius 1 is 0.815 bits per heavy atom. The van der Waals surface area contributed by atoms with Crippen molar-refractivity contribution < 1.29 is 8.42 Å². The minimum absolute atomic E-state index is 0.439. The van der Waals surface area contributed by atoms with Crippen LogP contribution in [0.2, 0.25) is 10.0 Å². The van der Waals surface area contributed by atoms with Gasteiger partial charge in [-0.2, -0.15) is 4.31 Å². The molecule has 1 aliphatic rings. The summed E-state index contributed by atoms with van der Waals surface area (Å²) in [6.45, 7) is 9.80. The molecule has 146 valence electrons. The van der Waals surface area contributed by atoms with Crippen LogP contribution in [0.4, 0.5) is 5.69 Å². The van der Waals surface area contributed by atoms with E-state index in [2.05, 4.69) is 4.90 Å². The summed E-state index contributed by atoms with van der Waals surface area (Å²) >= 11 is 12.1. The van der Waals surface area contributed by atoms with Crippen molar-refractivity contribution in [3.05, 3.63) is 56.6 Å². The first-order chi connectivity index (χ1) is 12.6. The summed E-state index contributed by atoms with van der Waals surface area (Å²) in [6, 6.07) is 7.55. The lowest BCUT2D eigenvalue weighted by Crippen LogP contribution is -2.49. The molecule has 0 aliphatic carbocycles. The maximum Gasteiger partial charge on any atom is 0.243 e. The van der Waals surface area contributed by atoms with Crippen molar-refractivity contribution >= 4 is 38.9 Å². The van der Waals surface area contributed by atoms with Crippen LogP contribution in [0.15, 0.2) is 29.2 Å². The van der Waals surface area contributed by atoms with Crippen molar-refractivity contribution in [1.29, 1.82) is 0 Å². The number of halogens is 2. The van der Waals surface area contributed by atoms with Gasteiger partial charge >= 0.3 is 0 Å². The molecule has 0 unspecified atom stereocenters. The molecule has 1 heterocycles. The molecule has 27 heavy (non-hydrogen) atoms. The van der Waals surface area contributed by atoms with Gasteiger partial charge in [0, 0.05) is 31.9 Å². The van der Waals surface area contributed by atoms with Gasteiger partial charge in [0.2, 0.25) is 10.0 Å². The number of nitrogens with zero attached hydrogens (tertiary/aromatic N) is 2. The fourth-order valence-corrected chi connectivity index (χ4v) is 5.86. The lowest BCUT2D eigenvalue weighted by atomic mass is 10.0. The highest BCUT2D eigenvalue weighted by Gasteiger charge is 2.31. The number of rotatable bonds is 3. The fourth-order valence-electron chi connectivity index (χ4n) is 3.57. The standard InChI is InChI=1S/C20H24Cl2N2O2S/c1-13-11-14(2)16(4)20(15(13)3)27(25,26)24-9-7-23(8-10-24)17-5-6-18(21)19(22)12-17/h5-6,11-12H,7-10H2,1-4H3. The van der Waals surface area contributed by atoms with Crippen molar-refractivity contribution in [3.8, 4) is 0 Å². The zero-order chi connectivity index (χ0) is 19.9. The third kappa shape index (κ3) is 3.83. The van der Waals surface area contributed by atoms with Crippen LogP contribution in [0.5, 0.6) is 0 Å². The SMILES string of the molecule is Cc1cc(C)c(C)c(S(=O)(=O)N2CCN(c3ccc(Cl)c(Cl)c3)CC2)c1C. The molecule has 1 aliphatic heterocycles. The Labute approximate surface area is 171 Å². The van der Waals surface area contributed by atoms with Gasteiger partial charge in [0.05, 0.1) is 14.9 Å². The summed E-state index contributed by atoms with van der Waals surface area (Å²) in [5.74, 6) is 0. The van der Waals surface area contributed by atoms with Gasteiger partial charge in [-0.1, -0.05) is 29.3 Å². The van der Waals surface area contributed by atoms with Gasteiger partial charge < -0.3 is 4.90 Å². The summed E-state index contributed by atoms with van der Waals surface area (Å²) in [4.78, 5) is 2.60. The molecule has 0 N–H and O–H groups in total. The van der Waals surface area contributed by atoms with Crippen LogP contribution < -0.4 is 4.90 Å². The molecule has 2 aromatic carbocycles. The van der Waals surface area contributed by atoms with E-state index in [0.717, 1.165) is 27.9 Å². The Bertz CT molecular complexity index is 956. The minimum Gasteiger partial charge on any atom is -0.369 e. The van der Waals surface area contributed by atoms with Crippen LogP contribution in [0.25, 0.3) is 0 Å². The molecular formula is C20H24Cl2N2O2S. The Morgan fingerprint density at radius 2 is 1.37 bits per heavy atom. The van der Waals surface area contributed by atoms with E-state index in [0.29, 0.717) is 41.1 Å². The summed E-state index contributed by atoms with van der Waals surface area (Å²) in [5.41, 5.74) is 4.65. The Morgan fingerprint density at radius 3 is 1.89 bits per heavy atom. The summed E-state index contributed by atoms with van der Waals surface area (Å²) in [7, 11) is -3.53. The Hall–Kier alpha value is -1.27. The molecule has 0 aromatic heterocycles. The minimum atomic E-state index is -3.53. The van der Waals surface area contributed by atoms with Crippen LogP contribution in [-0.4, -0.2) is 38.9 Å². The van der Waals surface area contributed by atoms with E-state index in [4.69, 9.17) is 23.2 Å². The highest BCUT2D eigenvalue weighted by Crippen LogP contribution is 2.31. The van der Waals surface area contributed by atoms with Crippen molar-refractivity contribution in [1.82, 2.24) is 4.31 Å². The number of aryl methyl sites for hydroxylation is 2. The van der Waals surface area contributed by atoms with E-state index >= 15 is 0 Å². The quantitative estimate of drug-likeness (QED) is 0.711. The van der Waals surface area contributed by atoms with Gasteiger partial charge in [-0.25, -0.2) is 8.42 Å². The number of anilines is 1. The normalized spacial score (nSPS) is 16.0. The van der Waals surface area contributed by atoms with Crippen molar-refractivity contribution in [2.24, 2.45) is 0 Å². The number of piperazine rings is 1. The van der Waals surface area contributed by atoms with Crippen LogP contribution in [0, 0.1) is 27.7 Å². The van der Waals surface area contributed by atoms with E-state index < -0.39 is 10.0 Å². The van der Waals surface area contributed by atoms with Crippen LogP contribution >= 0.6 is 23.2 Å². The molecule has 0 bridgehead atoms. The van der Waals surface area contributed by atoms with E-state index in [1.54, 1.807) is 10.4 Å². The Balaban J connectivity index is 1.84. The number of sulfonamides is 1. The van der Waals surface area contributed by atoms with Gasteiger partial charge in [0.15, 0.2) is 0 Å². The third-order valence-corrected chi connectivity index (χ3v) is 8.31. The summed E-state index contributed by atoms with van der Waals surface area (Å²) in [6.07, 6.45) is 0. The van der Waals surface area contributed by atoms with Crippen molar-refractivity contribution in [2.75, 3.05) is 31.1 Å². The average molecular weight is 427 g/mol. The van der Waals surface area contributed by atoms with Crippen LogP contribution in [0.1, 0.15) is 22.3 Å². The molecule has 0 atom stereocenters. The van der Waals surface area contributed by atoms with Crippen LogP contribution in [0.3, 0.4) is 0 Å². The number of hydrogen-bond acceptors (Lipinski definition) is 3. The second-order valence-electron chi connectivity index (χ2n) is 7.08. The average Bonchev–Trinajstić information content (AvgIpc) is 2.62. The molecule has 3 rings (SSSR count). The van der Waals surface area contributed by atoms with Gasteiger partial charge in [0.1, 0.15) is 0 Å².